The summed E-state index contributed by atoms with van der Waals surface area (Å²) < 4.78 is 27.3. The van der Waals surface area contributed by atoms with Crippen LogP contribution in [-0.4, -0.2) is 51.0 Å². The van der Waals surface area contributed by atoms with Crippen molar-refractivity contribution in [3.05, 3.63) is 53.2 Å². The molecule has 0 atom stereocenters. The second kappa shape index (κ2) is 8.35. The highest BCUT2D eigenvalue weighted by atomic mass is 35.5. The van der Waals surface area contributed by atoms with Crippen molar-refractivity contribution in [2.45, 2.75) is 18.4 Å². The first-order valence-corrected chi connectivity index (χ1v) is 10.5. The maximum atomic E-state index is 12.4. The molecule has 140 valence electrons. The molecular weight excluding hydrogens is 372 g/mol. The molecule has 0 radical (unpaired) electrons. The topological polar surface area (TPSA) is 65.5 Å². The number of nitrogens with zero attached hydrogens (tertiary/aromatic N) is 3. The van der Waals surface area contributed by atoms with Gasteiger partial charge in [0.15, 0.2) is 0 Å². The summed E-state index contributed by atoms with van der Waals surface area (Å²) in [6.07, 6.45) is 1.72. The summed E-state index contributed by atoms with van der Waals surface area (Å²) in [4.78, 5) is 9.24. The van der Waals surface area contributed by atoms with Gasteiger partial charge in [0.25, 0.3) is 0 Å². The Bertz CT molecular complexity index is 835. The molecule has 1 aromatic heterocycles. The molecule has 1 aliphatic rings. The molecule has 2 heterocycles. The van der Waals surface area contributed by atoms with E-state index in [2.05, 4.69) is 26.4 Å². The number of benzene rings is 1. The van der Waals surface area contributed by atoms with Crippen molar-refractivity contribution in [3.8, 4) is 0 Å². The standard InChI is InChI=1S/C18H23ClN4O2S/c1-2-22-9-11-23(12-10-22)18-8-7-15(13-20-18)14-21-26(24,25)17-6-4-3-5-16(17)19/h3-8,13,21H,2,9-12,14H2,1H3. The van der Waals surface area contributed by atoms with E-state index in [1.165, 1.54) is 6.07 Å². The van der Waals surface area contributed by atoms with Gasteiger partial charge in [-0.2, -0.15) is 0 Å². The van der Waals surface area contributed by atoms with Gasteiger partial charge in [0.2, 0.25) is 10.0 Å². The summed E-state index contributed by atoms with van der Waals surface area (Å²) in [5, 5.41) is 0.208. The number of hydrogen-bond donors (Lipinski definition) is 1. The van der Waals surface area contributed by atoms with Crippen LogP contribution in [0.15, 0.2) is 47.5 Å². The average Bonchev–Trinajstić information content (AvgIpc) is 2.67. The number of anilines is 1. The van der Waals surface area contributed by atoms with E-state index in [9.17, 15) is 8.42 Å². The minimum absolute atomic E-state index is 0.0834. The molecule has 2 aromatic rings. The molecule has 1 fully saturated rings. The van der Waals surface area contributed by atoms with Gasteiger partial charge in [0.1, 0.15) is 10.7 Å². The van der Waals surface area contributed by atoms with Crippen LogP contribution >= 0.6 is 11.6 Å². The molecule has 1 aromatic carbocycles. The third-order valence-electron chi connectivity index (χ3n) is 4.55. The molecule has 8 heteroatoms. The summed E-state index contributed by atoms with van der Waals surface area (Å²) in [5.41, 5.74) is 0.802. The van der Waals surface area contributed by atoms with Crippen LogP contribution in [0.25, 0.3) is 0 Å². The van der Waals surface area contributed by atoms with Crippen LogP contribution in [0.1, 0.15) is 12.5 Å². The van der Waals surface area contributed by atoms with Gasteiger partial charge in [-0.1, -0.05) is 36.7 Å². The van der Waals surface area contributed by atoms with E-state index >= 15 is 0 Å². The molecule has 0 spiro atoms. The molecule has 6 nitrogen and oxygen atoms in total. The fourth-order valence-electron chi connectivity index (χ4n) is 2.92. The molecule has 1 saturated heterocycles. The van der Waals surface area contributed by atoms with Gasteiger partial charge in [0.05, 0.1) is 5.02 Å². The second-order valence-corrected chi connectivity index (χ2v) is 8.34. The Balaban J connectivity index is 1.61. The Labute approximate surface area is 159 Å². The zero-order valence-corrected chi connectivity index (χ0v) is 16.3. The predicted octanol–water partition coefficient (Wildman–Crippen LogP) is 2.36. The predicted molar refractivity (Wildman–Crippen MR) is 104 cm³/mol. The lowest BCUT2D eigenvalue weighted by Crippen LogP contribution is -2.46. The fraction of sp³-hybridized carbons (Fsp3) is 0.389. The van der Waals surface area contributed by atoms with Crippen molar-refractivity contribution in [1.82, 2.24) is 14.6 Å². The zero-order valence-electron chi connectivity index (χ0n) is 14.7. The van der Waals surface area contributed by atoms with Crippen molar-refractivity contribution < 1.29 is 8.42 Å². The highest BCUT2D eigenvalue weighted by Gasteiger charge is 2.18. The molecule has 26 heavy (non-hydrogen) atoms. The van der Waals surface area contributed by atoms with E-state index in [-0.39, 0.29) is 16.5 Å². The molecule has 3 rings (SSSR count). The average molecular weight is 395 g/mol. The number of pyridine rings is 1. The van der Waals surface area contributed by atoms with E-state index in [0.717, 1.165) is 44.1 Å². The monoisotopic (exact) mass is 394 g/mol. The van der Waals surface area contributed by atoms with Crippen LogP contribution in [0.3, 0.4) is 0 Å². The summed E-state index contributed by atoms with van der Waals surface area (Å²) >= 11 is 5.98. The van der Waals surface area contributed by atoms with E-state index < -0.39 is 10.0 Å². The molecule has 1 N–H and O–H groups in total. The van der Waals surface area contributed by atoms with Crippen LogP contribution in [-0.2, 0) is 16.6 Å². The number of hydrogen-bond acceptors (Lipinski definition) is 5. The Hall–Kier alpha value is -1.67. The van der Waals surface area contributed by atoms with E-state index in [1.54, 1.807) is 24.4 Å². The molecule has 1 aliphatic heterocycles. The smallest absolute Gasteiger partial charge is 0.242 e. The number of likely N-dealkylation sites (N-methyl/N-ethyl adjacent to an activating group) is 1. The quantitative estimate of drug-likeness (QED) is 0.814. The normalized spacial score (nSPS) is 16.0. The molecule has 0 amide bonds. The Morgan fingerprint density at radius 1 is 1.12 bits per heavy atom. The van der Waals surface area contributed by atoms with Crippen LogP contribution < -0.4 is 9.62 Å². The fourth-order valence-corrected chi connectivity index (χ4v) is 4.46. The lowest BCUT2D eigenvalue weighted by Gasteiger charge is -2.34. The molecule has 0 bridgehead atoms. The number of piperazine rings is 1. The van der Waals surface area contributed by atoms with Gasteiger partial charge in [-0.3, -0.25) is 0 Å². The minimum Gasteiger partial charge on any atom is -0.354 e. The summed E-state index contributed by atoms with van der Waals surface area (Å²) in [6, 6.07) is 10.2. The van der Waals surface area contributed by atoms with Crippen molar-refractivity contribution in [2.75, 3.05) is 37.6 Å². The van der Waals surface area contributed by atoms with Gasteiger partial charge < -0.3 is 9.80 Å². The first kappa shape index (κ1) is 19.1. The molecular formula is C18H23ClN4O2S. The number of sulfonamides is 1. The Morgan fingerprint density at radius 3 is 2.46 bits per heavy atom. The van der Waals surface area contributed by atoms with Crippen molar-refractivity contribution >= 4 is 27.4 Å². The first-order valence-electron chi connectivity index (χ1n) is 8.66. The van der Waals surface area contributed by atoms with Crippen LogP contribution in [0, 0.1) is 0 Å². The van der Waals surface area contributed by atoms with Gasteiger partial charge in [0, 0.05) is 38.9 Å². The number of rotatable bonds is 6. The first-order chi connectivity index (χ1) is 12.5. The second-order valence-electron chi connectivity index (χ2n) is 6.20. The lowest BCUT2D eigenvalue weighted by atomic mass is 10.2. The highest BCUT2D eigenvalue weighted by molar-refractivity contribution is 7.89. The summed E-state index contributed by atoms with van der Waals surface area (Å²) in [6.45, 7) is 7.41. The summed E-state index contributed by atoms with van der Waals surface area (Å²) in [7, 11) is -3.65. The van der Waals surface area contributed by atoms with Crippen molar-refractivity contribution in [1.29, 1.82) is 0 Å². The molecule has 0 saturated carbocycles. The van der Waals surface area contributed by atoms with Gasteiger partial charge >= 0.3 is 0 Å². The van der Waals surface area contributed by atoms with E-state index in [1.807, 2.05) is 12.1 Å². The zero-order chi connectivity index (χ0) is 18.6. The van der Waals surface area contributed by atoms with Gasteiger partial charge in [-0.15, -0.1) is 0 Å². The van der Waals surface area contributed by atoms with Crippen molar-refractivity contribution in [2.24, 2.45) is 0 Å². The molecule has 0 unspecified atom stereocenters. The van der Waals surface area contributed by atoms with E-state index in [0.29, 0.717) is 0 Å². The summed E-state index contributed by atoms with van der Waals surface area (Å²) in [5.74, 6) is 0.929. The highest BCUT2D eigenvalue weighted by Crippen LogP contribution is 2.20. The van der Waals surface area contributed by atoms with Gasteiger partial charge in [-0.25, -0.2) is 18.1 Å². The minimum atomic E-state index is -3.65. The largest absolute Gasteiger partial charge is 0.354 e. The number of nitrogens with one attached hydrogen (secondary N) is 1. The van der Waals surface area contributed by atoms with Crippen molar-refractivity contribution in [3.63, 3.8) is 0 Å². The van der Waals surface area contributed by atoms with Crippen LogP contribution in [0.5, 0.6) is 0 Å². The third kappa shape index (κ3) is 4.54. The Morgan fingerprint density at radius 2 is 1.85 bits per heavy atom. The SMILES string of the molecule is CCN1CCN(c2ccc(CNS(=O)(=O)c3ccccc3Cl)cn2)CC1. The third-order valence-corrected chi connectivity index (χ3v) is 6.45. The Kier molecular flexibility index (Phi) is 6.13. The molecule has 0 aliphatic carbocycles. The van der Waals surface area contributed by atoms with Crippen LogP contribution in [0.2, 0.25) is 5.02 Å². The maximum Gasteiger partial charge on any atom is 0.242 e. The number of halogens is 1. The maximum absolute atomic E-state index is 12.4. The number of aromatic nitrogens is 1. The lowest BCUT2D eigenvalue weighted by molar-refractivity contribution is 0.270. The van der Waals surface area contributed by atoms with E-state index in [4.69, 9.17) is 11.6 Å². The van der Waals surface area contributed by atoms with Gasteiger partial charge in [-0.05, 0) is 30.3 Å². The van der Waals surface area contributed by atoms with Crippen LogP contribution in [0.4, 0.5) is 5.82 Å².